The minimum Gasteiger partial charge on any atom is -0.396 e. The third kappa shape index (κ3) is 4.07. The van der Waals surface area contributed by atoms with Gasteiger partial charge in [-0.25, -0.2) is 9.18 Å². The third-order valence-corrected chi connectivity index (χ3v) is 5.54. The van der Waals surface area contributed by atoms with Crippen molar-refractivity contribution in [3.8, 4) is 0 Å². The normalized spacial score (nSPS) is 21.0. The van der Waals surface area contributed by atoms with Gasteiger partial charge in [0.1, 0.15) is 5.82 Å². The Labute approximate surface area is 143 Å². The number of carbonyl (C=O) groups is 1. The first kappa shape index (κ1) is 17.2. The van der Waals surface area contributed by atoms with Gasteiger partial charge in [-0.15, -0.1) is 0 Å². The van der Waals surface area contributed by atoms with Crippen LogP contribution in [0.15, 0.2) is 24.3 Å². The minimum absolute atomic E-state index is 0.0346. The first-order chi connectivity index (χ1) is 11.7. The summed E-state index contributed by atoms with van der Waals surface area (Å²) in [6.45, 7) is 1.59. The SMILES string of the molecule is O=C(NC(c1ccc(F)cc1)C1CCCC1)N1CCC(CO)CC1. The van der Waals surface area contributed by atoms with E-state index in [0.717, 1.165) is 31.2 Å². The number of amides is 2. The van der Waals surface area contributed by atoms with Crippen molar-refractivity contribution in [2.75, 3.05) is 19.7 Å². The summed E-state index contributed by atoms with van der Waals surface area (Å²) in [5.74, 6) is 0.493. The molecule has 1 aromatic rings. The summed E-state index contributed by atoms with van der Waals surface area (Å²) in [5, 5.41) is 12.4. The monoisotopic (exact) mass is 334 g/mol. The van der Waals surface area contributed by atoms with Gasteiger partial charge in [0.25, 0.3) is 0 Å². The van der Waals surface area contributed by atoms with Crippen LogP contribution in [0.5, 0.6) is 0 Å². The van der Waals surface area contributed by atoms with E-state index in [0.29, 0.717) is 24.9 Å². The lowest BCUT2D eigenvalue weighted by Crippen LogP contribution is -2.47. The van der Waals surface area contributed by atoms with Crippen molar-refractivity contribution in [1.29, 1.82) is 0 Å². The zero-order chi connectivity index (χ0) is 16.9. The van der Waals surface area contributed by atoms with Gasteiger partial charge in [0.05, 0.1) is 6.04 Å². The van der Waals surface area contributed by atoms with Crippen molar-refractivity contribution in [2.24, 2.45) is 11.8 Å². The van der Waals surface area contributed by atoms with Crippen molar-refractivity contribution in [3.05, 3.63) is 35.6 Å². The molecule has 1 aromatic carbocycles. The van der Waals surface area contributed by atoms with Crippen LogP contribution in [0.3, 0.4) is 0 Å². The number of hydrogen-bond acceptors (Lipinski definition) is 2. The molecule has 0 aromatic heterocycles. The van der Waals surface area contributed by atoms with Gasteiger partial charge >= 0.3 is 6.03 Å². The van der Waals surface area contributed by atoms with Crippen molar-refractivity contribution < 1.29 is 14.3 Å². The summed E-state index contributed by atoms with van der Waals surface area (Å²) in [5.41, 5.74) is 0.988. The highest BCUT2D eigenvalue weighted by atomic mass is 19.1. The Bertz CT molecular complexity index is 535. The number of nitrogens with zero attached hydrogens (tertiary/aromatic N) is 1. The van der Waals surface area contributed by atoms with E-state index in [1.165, 1.54) is 25.0 Å². The molecule has 1 aliphatic heterocycles. The Morgan fingerprint density at radius 2 is 1.79 bits per heavy atom. The first-order valence-corrected chi connectivity index (χ1v) is 9.09. The second-order valence-corrected chi connectivity index (χ2v) is 7.14. The Morgan fingerprint density at radius 1 is 1.17 bits per heavy atom. The zero-order valence-corrected chi connectivity index (χ0v) is 14.1. The van der Waals surface area contributed by atoms with Gasteiger partial charge in [-0.2, -0.15) is 0 Å². The van der Waals surface area contributed by atoms with Crippen molar-refractivity contribution >= 4 is 6.03 Å². The fourth-order valence-corrected chi connectivity index (χ4v) is 3.98. The number of hydrogen-bond donors (Lipinski definition) is 2. The maximum Gasteiger partial charge on any atom is 0.317 e. The fourth-order valence-electron chi connectivity index (χ4n) is 3.98. The van der Waals surface area contributed by atoms with E-state index in [9.17, 15) is 14.3 Å². The summed E-state index contributed by atoms with van der Waals surface area (Å²) in [4.78, 5) is 14.5. The standard InChI is InChI=1S/C19H27FN2O2/c20-17-7-5-16(6-8-17)18(15-3-1-2-4-15)21-19(24)22-11-9-14(13-23)10-12-22/h5-8,14-15,18,23H,1-4,9-13H2,(H,21,24). The Hall–Kier alpha value is -1.62. The number of rotatable bonds is 4. The smallest absolute Gasteiger partial charge is 0.317 e. The van der Waals surface area contributed by atoms with Crippen molar-refractivity contribution in [2.45, 2.75) is 44.6 Å². The maximum atomic E-state index is 13.2. The van der Waals surface area contributed by atoms with Gasteiger partial charge in [0.15, 0.2) is 0 Å². The van der Waals surface area contributed by atoms with Gasteiger partial charge in [-0.05, 0) is 55.2 Å². The van der Waals surface area contributed by atoms with Crippen molar-refractivity contribution in [3.63, 3.8) is 0 Å². The second kappa shape index (κ2) is 7.97. The number of benzene rings is 1. The molecule has 0 radical (unpaired) electrons. The number of carbonyl (C=O) groups excluding carboxylic acids is 1. The molecule has 2 fully saturated rings. The molecule has 24 heavy (non-hydrogen) atoms. The summed E-state index contributed by atoms with van der Waals surface area (Å²) in [7, 11) is 0. The van der Waals surface area contributed by atoms with E-state index in [1.54, 1.807) is 12.1 Å². The van der Waals surface area contributed by atoms with Crippen LogP contribution in [-0.4, -0.2) is 35.7 Å². The molecule has 0 spiro atoms. The molecular formula is C19H27FN2O2. The molecule has 1 saturated carbocycles. The van der Waals surface area contributed by atoms with Gasteiger partial charge in [-0.1, -0.05) is 25.0 Å². The second-order valence-electron chi connectivity index (χ2n) is 7.14. The number of aliphatic hydroxyl groups is 1. The van der Waals surface area contributed by atoms with Crippen LogP contribution in [0.25, 0.3) is 0 Å². The molecule has 132 valence electrons. The predicted octanol–water partition coefficient (Wildman–Crippen LogP) is 3.47. The molecule has 1 unspecified atom stereocenters. The predicted molar refractivity (Wildman–Crippen MR) is 91.0 cm³/mol. The van der Waals surface area contributed by atoms with Gasteiger partial charge in [0, 0.05) is 19.7 Å². The third-order valence-electron chi connectivity index (χ3n) is 5.54. The van der Waals surface area contributed by atoms with Gasteiger partial charge in [-0.3, -0.25) is 0 Å². The number of aliphatic hydroxyl groups excluding tert-OH is 1. The summed E-state index contributed by atoms with van der Waals surface area (Å²) >= 11 is 0. The average molecular weight is 334 g/mol. The molecule has 0 bridgehead atoms. The number of nitrogens with one attached hydrogen (secondary N) is 1. The number of halogens is 1. The van der Waals surface area contributed by atoms with Crippen LogP contribution in [0.4, 0.5) is 9.18 Å². The van der Waals surface area contributed by atoms with Crippen LogP contribution >= 0.6 is 0 Å². The van der Waals surface area contributed by atoms with E-state index in [4.69, 9.17) is 0 Å². The molecule has 2 aliphatic rings. The van der Waals surface area contributed by atoms with Gasteiger partial charge in [0.2, 0.25) is 0 Å². The molecule has 3 rings (SSSR count). The Morgan fingerprint density at radius 3 is 2.38 bits per heavy atom. The molecule has 5 heteroatoms. The first-order valence-electron chi connectivity index (χ1n) is 9.09. The van der Waals surface area contributed by atoms with E-state index in [2.05, 4.69) is 5.32 Å². The highest BCUT2D eigenvalue weighted by Gasteiger charge is 2.30. The molecule has 2 amide bonds. The lowest BCUT2D eigenvalue weighted by molar-refractivity contribution is 0.133. The van der Waals surface area contributed by atoms with Crippen LogP contribution in [0.1, 0.15) is 50.1 Å². The number of likely N-dealkylation sites (tertiary alicyclic amines) is 1. The minimum atomic E-state index is -0.249. The van der Waals surface area contributed by atoms with E-state index in [1.807, 2.05) is 4.90 Å². The quantitative estimate of drug-likeness (QED) is 0.886. The van der Waals surface area contributed by atoms with Crippen LogP contribution in [0, 0.1) is 17.7 Å². The summed E-state index contributed by atoms with van der Waals surface area (Å²) in [6, 6.07) is 6.43. The Kier molecular flexibility index (Phi) is 5.72. The van der Waals surface area contributed by atoms with Crippen LogP contribution < -0.4 is 5.32 Å². The average Bonchev–Trinajstić information content (AvgIpc) is 3.15. The molecule has 1 atom stereocenters. The zero-order valence-electron chi connectivity index (χ0n) is 14.1. The van der Waals surface area contributed by atoms with E-state index >= 15 is 0 Å². The molecule has 1 aliphatic carbocycles. The number of piperidine rings is 1. The highest BCUT2D eigenvalue weighted by molar-refractivity contribution is 5.75. The summed E-state index contributed by atoms with van der Waals surface area (Å²) in [6.07, 6.45) is 6.31. The number of urea groups is 1. The molecule has 1 saturated heterocycles. The van der Waals surface area contributed by atoms with E-state index < -0.39 is 0 Å². The fraction of sp³-hybridized carbons (Fsp3) is 0.632. The maximum absolute atomic E-state index is 13.2. The summed E-state index contributed by atoms with van der Waals surface area (Å²) < 4.78 is 13.2. The lowest BCUT2D eigenvalue weighted by atomic mass is 9.91. The largest absolute Gasteiger partial charge is 0.396 e. The molecular weight excluding hydrogens is 307 g/mol. The molecule has 1 heterocycles. The van der Waals surface area contributed by atoms with E-state index in [-0.39, 0.29) is 24.5 Å². The van der Waals surface area contributed by atoms with Crippen LogP contribution in [0.2, 0.25) is 0 Å². The topological polar surface area (TPSA) is 52.6 Å². The van der Waals surface area contributed by atoms with Crippen LogP contribution in [-0.2, 0) is 0 Å². The van der Waals surface area contributed by atoms with Gasteiger partial charge < -0.3 is 15.3 Å². The van der Waals surface area contributed by atoms with Crippen molar-refractivity contribution in [1.82, 2.24) is 10.2 Å². The lowest BCUT2D eigenvalue weighted by Gasteiger charge is -2.34. The highest BCUT2D eigenvalue weighted by Crippen LogP contribution is 2.36. The molecule has 2 N–H and O–H groups in total. The Balaban J connectivity index is 1.67. The molecule has 4 nitrogen and oxygen atoms in total.